The molecule has 1 aromatic heterocycles. The van der Waals surface area contributed by atoms with Gasteiger partial charge in [0.1, 0.15) is 16.9 Å². The van der Waals surface area contributed by atoms with E-state index >= 15 is 0 Å². The molecule has 0 spiro atoms. The van der Waals surface area contributed by atoms with Crippen LogP contribution in [-0.4, -0.2) is 17.4 Å². The van der Waals surface area contributed by atoms with Crippen molar-refractivity contribution in [1.82, 2.24) is 0 Å². The maximum absolute atomic E-state index is 9.05. The Bertz CT molecular complexity index is 958. The summed E-state index contributed by atoms with van der Waals surface area (Å²) in [5, 5.41) is 21.8. The molecule has 0 aliphatic rings. The Morgan fingerprint density at radius 2 is 1.71 bits per heavy atom. The van der Waals surface area contributed by atoms with Crippen molar-refractivity contribution in [2.45, 2.75) is 0 Å². The van der Waals surface area contributed by atoms with Crippen molar-refractivity contribution in [3.63, 3.8) is 0 Å². The number of fused-ring (bicyclic) bond motifs is 5. The highest BCUT2D eigenvalue weighted by Crippen LogP contribution is 2.38. The second kappa shape index (κ2) is 4.51. The van der Waals surface area contributed by atoms with Gasteiger partial charge in [0.2, 0.25) is 0 Å². The van der Waals surface area contributed by atoms with Crippen molar-refractivity contribution in [1.29, 1.82) is 0 Å². The average Bonchev–Trinajstić information content (AvgIpc) is 2.86. The van der Waals surface area contributed by atoms with E-state index in [1.54, 1.807) is 12.1 Å². The van der Waals surface area contributed by atoms with Gasteiger partial charge in [0.05, 0.1) is 5.39 Å². The molecule has 0 saturated carbocycles. The van der Waals surface area contributed by atoms with Crippen molar-refractivity contribution >= 4 is 40.0 Å². The third-order valence-corrected chi connectivity index (χ3v) is 3.58. The summed E-state index contributed by atoms with van der Waals surface area (Å²) < 4.78 is 11.0. The first kappa shape index (κ1) is 12.3. The predicted octanol–water partition coefficient (Wildman–Crippen LogP) is 3.09. The SMILES string of the molecule is OB(O)Oc1cccc2oc3c4ccccc4ccc3c12. The first-order valence-electron chi connectivity index (χ1n) is 6.60. The first-order chi connectivity index (χ1) is 10.2. The van der Waals surface area contributed by atoms with Crippen molar-refractivity contribution < 1.29 is 19.1 Å². The van der Waals surface area contributed by atoms with Crippen LogP contribution in [-0.2, 0) is 0 Å². The van der Waals surface area contributed by atoms with Crippen LogP contribution in [0.4, 0.5) is 0 Å². The Labute approximate surface area is 120 Å². The lowest BCUT2D eigenvalue weighted by Crippen LogP contribution is -2.20. The maximum atomic E-state index is 9.05. The van der Waals surface area contributed by atoms with Gasteiger partial charge in [-0.2, -0.15) is 0 Å². The zero-order valence-corrected chi connectivity index (χ0v) is 11.0. The molecule has 0 atom stereocenters. The molecule has 1 heterocycles. The smallest absolute Gasteiger partial charge is 0.511 e. The molecule has 4 aromatic rings. The molecule has 21 heavy (non-hydrogen) atoms. The molecule has 0 amide bonds. The van der Waals surface area contributed by atoms with Gasteiger partial charge in [-0.05, 0) is 23.6 Å². The van der Waals surface area contributed by atoms with Crippen LogP contribution in [0.1, 0.15) is 0 Å². The number of benzene rings is 3. The van der Waals surface area contributed by atoms with E-state index < -0.39 is 7.32 Å². The van der Waals surface area contributed by atoms with Crippen LogP contribution in [0.25, 0.3) is 32.7 Å². The van der Waals surface area contributed by atoms with Crippen LogP contribution in [0.2, 0.25) is 0 Å². The minimum absolute atomic E-state index is 0.386. The van der Waals surface area contributed by atoms with E-state index in [0.717, 1.165) is 27.1 Å². The number of hydrogen-bond donors (Lipinski definition) is 2. The van der Waals surface area contributed by atoms with Gasteiger partial charge < -0.3 is 19.1 Å². The summed E-state index contributed by atoms with van der Waals surface area (Å²) in [6.45, 7) is 0. The van der Waals surface area contributed by atoms with Crippen LogP contribution in [0.3, 0.4) is 0 Å². The lowest BCUT2D eigenvalue weighted by Gasteiger charge is -2.05. The lowest BCUT2D eigenvalue weighted by atomic mass is 10.1. The van der Waals surface area contributed by atoms with Crippen LogP contribution in [0.15, 0.2) is 59.0 Å². The molecule has 102 valence electrons. The van der Waals surface area contributed by atoms with Crippen LogP contribution < -0.4 is 4.65 Å². The molecule has 0 fully saturated rings. The van der Waals surface area contributed by atoms with Gasteiger partial charge in [0, 0.05) is 10.8 Å². The third kappa shape index (κ3) is 1.86. The summed E-state index contributed by atoms with van der Waals surface area (Å²) in [7, 11) is -1.86. The Hall–Kier alpha value is -2.50. The van der Waals surface area contributed by atoms with Crippen molar-refractivity contribution in [2.75, 3.05) is 0 Å². The molecular formula is C16H11BO4. The minimum Gasteiger partial charge on any atom is -0.511 e. The van der Waals surface area contributed by atoms with Crippen molar-refractivity contribution in [3.05, 3.63) is 54.6 Å². The topological polar surface area (TPSA) is 62.8 Å². The Kier molecular flexibility index (Phi) is 2.64. The fourth-order valence-corrected chi connectivity index (χ4v) is 2.73. The van der Waals surface area contributed by atoms with Crippen molar-refractivity contribution in [3.8, 4) is 5.75 Å². The van der Waals surface area contributed by atoms with E-state index in [1.807, 2.05) is 42.5 Å². The highest BCUT2D eigenvalue weighted by atomic mass is 16.6. The van der Waals surface area contributed by atoms with Crippen molar-refractivity contribution in [2.24, 2.45) is 0 Å². The van der Waals surface area contributed by atoms with E-state index in [9.17, 15) is 0 Å². The predicted molar refractivity (Wildman–Crippen MR) is 82.0 cm³/mol. The molecular weight excluding hydrogens is 267 g/mol. The summed E-state index contributed by atoms with van der Waals surface area (Å²) in [4.78, 5) is 0. The fourth-order valence-electron chi connectivity index (χ4n) is 2.73. The molecule has 2 N–H and O–H groups in total. The fraction of sp³-hybridized carbons (Fsp3) is 0. The zero-order valence-electron chi connectivity index (χ0n) is 11.0. The third-order valence-electron chi connectivity index (χ3n) is 3.58. The van der Waals surface area contributed by atoms with Gasteiger partial charge in [-0.15, -0.1) is 0 Å². The maximum Gasteiger partial charge on any atom is 0.707 e. The van der Waals surface area contributed by atoms with Crippen LogP contribution in [0, 0.1) is 0 Å². The molecule has 4 rings (SSSR count). The Morgan fingerprint density at radius 1 is 0.857 bits per heavy atom. The molecule has 0 saturated heterocycles. The second-order valence-corrected chi connectivity index (χ2v) is 4.84. The van der Waals surface area contributed by atoms with E-state index in [-0.39, 0.29) is 0 Å². The number of hydrogen-bond acceptors (Lipinski definition) is 4. The molecule has 5 heteroatoms. The zero-order chi connectivity index (χ0) is 14.4. The number of rotatable bonds is 2. The summed E-state index contributed by atoms with van der Waals surface area (Å²) >= 11 is 0. The van der Waals surface area contributed by atoms with E-state index in [0.29, 0.717) is 11.3 Å². The lowest BCUT2D eigenvalue weighted by molar-refractivity contribution is 0.289. The Balaban J connectivity index is 2.14. The molecule has 0 aliphatic carbocycles. The summed E-state index contributed by atoms with van der Waals surface area (Å²) in [6, 6.07) is 17.2. The van der Waals surface area contributed by atoms with Gasteiger partial charge >= 0.3 is 7.32 Å². The highest BCUT2D eigenvalue weighted by molar-refractivity contribution is 6.34. The first-order valence-corrected chi connectivity index (χ1v) is 6.60. The largest absolute Gasteiger partial charge is 0.707 e. The second-order valence-electron chi connectivity index (χ2n) is 4.84. The standard InChI is InChI=1S/C16H11BO4/c18-17(19)21-14-7-3-6-13-15(14)12-9-8-10-4-1-2-5-11(10)16(12)20-13/h1-9,18-19H. The molecule has 0 radical (unpaired) electrons. The van der Waals surface area contributed by atoms with Gasteiger partial charge in [0.15, 0.2) is 0 Å². The quantitative estimate of drug-likeness (QED) is 0.553. The van der Waals surface area contributed by atoms with Gasteiger partial charge in [0.25, 0.3) is 0 Å². The summed E-state index contributed by atoms with van der Waals surface area (Å²) in [5.74, 6) is 0.386. The van der Waals surface area contributed by atoms with Gasteiger partial charge in [-0.25, -0.2) is 0 Å². The van der Waals surface area contributed by atoms with Gasteiger partial charge in [-0.1, -0.05) is 36.4 Å². The van der Waals surface area contributed by atoms with E-state index in [2.05, 4.69) is 0 Å². The monoisotopic (exact) mass is 278 g/mol. The number of furan rings is 1. The van der Waals surface area contributed by atoms with Gasteiger partial charge in [-0.3, -0.25) is 0 Å². The normalized spacial score (nSPS) is 11.3. The molecule has 3 aromatic carbocycles. The Morgan fingerprint density at radius 3 is 2.57 bits per heavy atom. The molecule has 0 unspecified atom stereocenters. The highest BCUT2D eigenvalue weighted by Gasteiger charge is 2.18. The average molecular weight is 278 g/mol. The van der Waals surface area contributed by atoms with E-state index in [4.69, 9.17) is 19.1 Å². The molecule has 0 bridgehead atoms. The van der Waals surface area contributed by atoms with E-state index in [1.165, 1.54) is 0 Å². The summed E-state index contributed by atoms with van der Waals surface area (Å²) in [5.41, 5.74) is 1.42. The minimum atomic E-state index is -1.86. The molecule has 4 nitrogen and oxygen atoms in total. The summed E-state index contributed by atoms with van der Waals surface area (Å²) in [6.07, 6.45) is 0. The molecule has 0 aliphatic heterocycles. The van der Waals surface area contributed by atoms with Crippen LogP contribution >= 0.6 is 0 Å². The van der Waals surface area contributed by atoms with Crippen LogP contribution in [0.5, 0.6) is 5.75 Å².